The zero-order chi connectivity index (χ0) is 13.1. The van der Waals surface area contributed by atoms with E-state index in [9.17, 15) is 0 Å². The van der Waals surface area contributed by atoms with Crippen LogP contribution in [0.3, 0.4) is 0 Å². The van der Waals surface area contributed by atoms with Crippen molar-refractivity contribution in [2.45, 2.75) is 39.2 Å². The van der Waals surface area contributed by atoms with Crippen LogP contribution < -0.4 is 15.8 Å². The molecule has 1 atom stereocenters. The molecule has 0 bridgehead atoms. The summed E-state index contributed by atoms with van der Waals surface area (Å²) in [5.41, 5.74) is 8.18. The molecule has 3 heteroatoms. The molecule has 0 saturated heterocycles. The van der Waals surface area contributed by atoms with Crippen LogP contribution in [-0.2, 0) is 5.41 Å². The van der Waals surface area contributed by atoms with Crippen LogP contribution in [0.4, 0.5) is 5.69 Å². The van der Waals surface area contributed by atoms with E-state index < -0.39 is 0 Å². The van der Waals surface area contributed by atoms with E-state index >= 15 is 0 Å². The van der Waals surface area contributed by atoms with Gasteiger partial charge in [0, 0.05) is 12.6 Å². The SMILES string of the molecule is COc1ccc(C(C)(C)C)cc1NCC(C)N. The van der Waals surface area contributed by atoms with Gasteiger partial charge in [-0.3, -0.25) is 0 Å². The van der Waals surface area contributed by atoms with Crippen molar-refractivity contribution in [1.29, 1.82) is 0 Å². The van der Waals surface area contributed by atoms with Crippen molar-refractivity contribution in [3.05, 3.63) is 23.8 Å². The lowest BCUT2D eigenvalue weighted by Crippen LogP contribution is -2.25. The summed E-state index contributed by atoms with van der Waals surface area (Å²) in [4.78, 5) is 0. The van der Waals surface area contributed by atoms with Gasteiger partial charge in [0.15, 0.2) is 0 Å². The molecule has 0 aliphatic rings. The van der Waals surface area contributed by atoms with E-state index in [1.165, 1.54) is 5.56 Å². The van der Waals surface area contributed by atoms with E-state index in [0.717, 1.165) is 18.0 Å². The Kier molecular flexibility index (Phi) is 4.40. The number of hydrogen-bond acceptors (Lipinski definition) is 3. The summed E-state index contributed by atoms with van der Waals surface area (Å²) in [6.07, 6.45) is 0. The minimum atomic E-state index is 0.123. The van der Waals surface area contributed by atoms with Crippen LogP contribution >= 0.6 is 0 Å². The van der Waals surface area contributed by atoms with Crippen molar-refractivity contribution in [1.82, 2.24) is 0 Å². The zero-order valence-electron chi connectivity index (χ0n) is 11.5. The van der Waals surface area contributed by atoms with Crippen LogP contribution in [-0.4, -0.2) is 19.7 Å². The summed E-state index contributed by atoms with van der Waals surface area (Å²) in [5, 5.41) is 3.33. The van der Waals surface area contributed by atoms with Crippen molar-refractivity contribution < 1.29 is 4.74 Å². The number of rotatable bonds is 4. The summed E-state index contributed by atoms with van der Waals surface area (Å²) in [6.45, 7) is 9.31. The zero-order valence-corrected chi connectivity index (χ0v) is 11.5. The largest absolute Gasteiger partial charge is 0.495 e. The molecule has 0 fully saturated rings. The monoisotopic (exact) mass is 236 g/mol. The lowest BCUT2D eigenvalue weighted by molar-refractivity contribution is 0.416. The number of nitrogens with two attached hydrogens (primary N) is 1. The first-order valence-corrected chi connectivity index (χ1v) is 6.02. The van der Waals surface area contributed by atoms with E-state index in [1.807, 2.05) is 13.0 Å². The number of ether oxygens (including phenoxy) is 1. The molecule has 0 aromatic heterocycles. The fourth-order valence-corrected chi connectivity index (χ4v) is 1.58. The first-order valence-electron chi connectivity index (χ1n) is 6.02. The Balaban J connectivity index is 2.98. The normalized spacial score (nSPS) is 13.3. The number of nitrogens with one attached hydrogen (secondary N) is 1. The Bertz CT molecular complexity index is 367. The second-order valence-electron chi connectivity index (χ2n) is 5.52. The lowest BCUT2D eigenvalue weighted by atomic mass is 9.87. The summed E-state index contributed by atoms with van der Waals surface area (Å²) in [5.74, 6) is 0.860. The number of benzene rings is 1. The third-order valence-electron chi connectivity index (χ3n) is 2.68. The molecule has 0 aliphatic heterocycles. The van der Waals surface area contributed by atoms with Gasteiger partial charge in [-0.05, 0) is 30.0 Å². The van der Waals surface area contributed by atoms with E-state index in [4.69, 9.17) is 10.5 Å². The maximum absolute atomic E-state index is 5.75. The van der Waals surface area contributed by atoms with E-state index in [-0.39, 0.29) is 11.5 Å². The van der Waals surface area contributed by atoms with Gasteiger partial charge in [0.2, 0.25) is 0 Å². The molecule has 1 aromatic carbocycles. The van der Waals surface area contributed by atoms with Crippen molar-refractivity contribution in [3.63, 3.8) is 0 Å². The Morgan fingerprint density at radius 2 is 2.00 bits per heavy atom. The molecule has 0 radical (unpaired) electrons. The van der Waals surface area contributed by atoms with Crippen LogP contribution in [0.2, 0.25) is 0 Å². The highest BCUT2D eigenvalue weighted by Gasteiger charge is 2.15. The molecule has 0 spiro atoms. The highest BCUT2D eigenvalue weighted by Crippen LogP contribution is 2.31. The van der Waals surface area contributed by atoms with E-state index in [1.54, 1.807) is 7.11 Å². The van der Waals surface area contributed by atoms with Crippen molar-refractivity contribution >= 4 is 5.69 Å². The fraction of sp³-hybridized carbons (Fsp3) is 0.571. The van der Waals surface area contributed by atoms with Gasteiger partial charge in [0.05, 0.1) is 12.8 Å². The van der Waals surface area contributed by atoms with Crippen LogP contribution in [0.1, 0.15) is 33.3 Å². The number of hydrogen-bond donors (Lipinski definition) is 2. The quantitative estimate of drug-likeness (QED) is 0.845. The molecule has 0 heterocycles. The molecule has 0 saturated carbocycles. The summed E-state index contributed by atoms with van der Waals surface area (Å²) in [7, 11) is 1.68. The molecule has 3 N–H and O–H groups in total. The van der Waals surface area contributed by atoms with E-state index in [2.05, 4.69) is 38.2 Å². The topological polar surface area (TPSA) is 47.3 Å². The molecule has 17 heavy (non-hydrogen) atoms. The molecule has 0 amide bonds. The molecule has 1 rings (SSSR count). The Hall–Kier alpha value is -1.22. The molecule has 96 valence electrons. The highest BCUT2D eigenvalue weighted by molar-refractivity contribution is 5.59. The maximum Gasteiger partial charge on any atom is 0.141 e. The van der Waals surface area contributed by atoms with Crippen molar-refractivity contribution in [3.8, 4) is 5.75 Å². The summed E-state index contributed by atoms with van der Waals surface area (Å²) in [6, 6.07) is 6.37. The molecule has 3 nitrogen and oxygen atoms in total. The standard InChI is InChI=1S/C14H24N2O/c1-10(15)9-16-12-8-11(14(2,3)4)6-7-13(12)17-5/h6-8,10,16H,9,15H2,1-5H3. The molecular weight excluding hydrogens is 212 g/mol. The van der Waals surface area contributed by atoms with Gasteiger partial charge in [-0.2, -0.15) is 0 Å². The van der Waals surface area contributed by atoms with Gasteiger partial charge in [-0.15, -0.1) is 0 Å². The minimum Gasteiger partial charge on any atom is -0.495 e. The van der Waals surface area contributed by atoms with Crippen LogP contribution in [0.25, 0.3) is 0 Å². The predicted octanol–water partition coefficient (Wildman–Crippen LogP) is 2.75. The minimum absolute atomic E-state index is 0.123. The maximum atomic E-state index is 5.75. The van der Waals surface area contributed by atoms with Gasteiger partial charge >= 0.3 is 0 Å². The van der Waals surface area contributed by atoms with Crippen molar-refractivity contribution in [2.24, 2.45) is 5.73 Å². The predicted molar refractivity (Wildman–Crippen MR) is 73.8 cm³/mol. The fourth-order valence-electron chi connectivity index (χ4n) is 1.58. The molecule has 0 aliphatic carbocycles. The van der Waals surface area contributed by atoms with Gasteiger partial charge in [0.1, 0.15) is 5.75 Å². The number of anilines is 1. The first kappa shape index (κ1) is 13.8. The first-order chi connectivity index (χ1) is 7.84. The second kappa shape index (κ2) is 5.41. The second-order valence-corrected chi connectivity index (χ2v) is 5.52. The third kappa shape index (κ3) is 3.93. The van der Waals surface area contributed by atoms with Crippen molar-refractivity contribution in [2.75, 3.05) is 19.0 Å². The van der Waals surface area contributed by atoms with Crippen LogP contribution in [0.5, 0.6) is 5.75 Å². The van der Waals surface area contributed by atoms with Gasteiger partial charge in [-0.1, -0.05) is 26.8 Å². The average molecular weight is 236 g/mol. The Morgan fingerprint density at radius 3 is 2.47 bits per heavy atom. The van der Waals surface area contributed by atoms with E-state index in [0.29, 0.717) is 0 Å². The smallest absolute Gasteiger partial charge is 0.141 e. The summed E-state index contributed by atoms with van der Waals surface area (Å²) < 4.78 is 5.34. The van der Waals surface area contributed by atoms with Gasteiger partial charge < -0.3 is 15.8 Å². The van der Waals surface area contributed by atoms with Gasteiger partial charge in [0.25, 0.3) is 0 Å². The van der Waals surface area contributed by atoms with Crippen LogP contribution in [0.15, 0.2) is 18.2 Å². The highest BCUT2D eigenvalue weighted by atomic mass is 16.5. The molecule has 1 aromatic rings. The summed E-state index contributed by atoms with van der Waals surface area (Å²) >= 11 is 0. The van der Waals surface area contributed by atoms with Crippen LogP contribution in [0, 0.1) is 0 Å². The molecule has 1 unspecified atom stereocenters. The third-order valence-corrected chi connectivity index (χ3v) is 2.68. The Labute approximate surface area is 104 Å². The van der Waals surface area contributed by atoms with Gasteiger partial charge in [-0.25, -0.2) is 0 Å². The average Bonchev–Trinajstić information content (AvgIpc) is 2.24. The lowest BCUT2D eigenvalue weighted by Gasteiger charge is -2.22. The Morgan fingerprint density at radius 1 is 1.35 bits per heavy atom. The molecular formula is C14H24N2O. The number of methoxy groups -OCH3 is 1.